The molecule has 0 fully saturated rings. The van der Waals surface area contributed by atoms with E-state index in [1.54, 1.807) is 6.08 Å². The Kier molecular flexibility index (Phi) is 1.58. The molecule has 1 heterocycles. The summed E-state index contributed by atoms with van der Waals surface area (Å²) in [5.74, 6) is 0.580. The molecule has 0 spiro atoms. The summed E-state index contributed by atoms with van der Waals surface area (Å²) in [6.07, 6.45) is 1.57. The first kappa shape index (κ1) is 5.94. The number of tetrazole rings is 1. The zero-order chi connectivity index (χ0) is 6.69. The van der Waals surface area contributed by atoms with Crippen LogP contribution in [0.2, 0.25) is 0 Å². The smallest absolute Gasteiger partial charge is 0.164 e. The number of aromatic nitrogens is 4. The molecule has 0 N–H and O–H groups in total. The van der Waals surface area contributed by atoms with Crippen molar-refractivity contribution in [3.8, 4) is 0 Å². The first-order chi connectivity index (χ1) is 4.36. The summed E-state index contributed by atoms with van der Waals surface area (Å²) in [4.78, 5) is 1.51. The number of aryl methyl sites for hydroxylation is 1. The second kappa shape index (κ2) is 2.39. The van der Waals surface area contributed by atoms with Gasteiger partial charge in [0, 0.05) is 0 Å². The van der Waals surface area contributed by atoms with Crippen LogP contribution in [0.1, 0.15) is 12.7 Å². The molecule has 9 heavy (non-hydrogen) atoms. The van der Waals surface area contributed by atoms with E-state index in [1.807, 2.05) is 6.92 Å². The number of hydrogen-bond acceptors (Lipinski definition) is 3. The molecule has 1 aromatic heterocycles. The van der Waals surface area contributed by atoms with E-state index in [2.05, 4.69) is 22.0 Å². The van der Waals surface area contributed by atoms with Crippen LogP contribution < -0.4 is 0 Å². The third kappa shape index (κ3) is 1.13. The molecule has 0 aliphatic heterocycles. The summed E-state index contributed by atoms with van der Waals surface area (Å²) in [6, 6.07) is 0. The van der Waals surface area contributed by atoms with Crippen molar-refractivity contribution in [2.24, 2.45) is 0 Å². The highest BCUT2D eigenvalue weighted by atomic mass is 15.6. The second-order valence-corrected chi connectivity index (χ2v) is 1.54. The normalized spacial score (nSPS) is 9.44. The van der Waals surface area contributed by atoms with Gasteiger partial charge in [-0.25, -0.2) is 0 Å². The Hall–Kier alpha value is -1.19. The molecule has 0 saturated heterocycles. The van der Waals surface area contributed by atoms with Crippen LogP contribution in [-0.2, 0) is 6.54 Å². The average Bonchev–Trinajstić information content (AvgIpc) is 2.34. The van der Waals surface area contributed by atoms with Crippen LogP contribution in [0.25, 0.3) is 6.08 Å². The van der Waals surface area contributed by atoms with Crippen LogP contribution in [0.3, 0.4) is 0 Å². The van der Waals surface area contributed by atoms with Crippen molar-refractivity contribution >= 4 is 6.08 Å². The van der Waals surface area contributed by atoms with Gasteiger partial charge in [0.2, 0.25) is 0 Å². The molecule has 48 valence electrons. The van der Waals surface area contributed by atoms with Crippen LogP contribution in [0.5, 0.6) is 0 Å². The van der Waals surface area contributed by atoms with Gasteiger partial charge < -0.3 is 0 Å². The van der Waals surface area contributed by atoms with Crippen LogP contribution in [0, 0.1) is 0 Å². The van der Waals surface area contributed by atoms with Gasteiger partial charge in [-0.3, -0.25) is 0 Å². The summed E-state index contributed by atoms with van der Waals surface area (Å²) >= 11 is 0. The molecule has 1 rings (SSSR count). The third-order valence-corrected chi connectivity index (χ3v) is 0.934. The van der Waals surface area contributed by atoms with Gasteiger partial charge in [0.1, 0.15) is 0 Å². The lowest BCUT2D eigenvalue weighted by atomic mass is 10.6. The quantitative estimate of drug-likeness (QED) is 0.570. The fraction of sp³-hybridized carbons (Fsp3) is 0.400. The van der Waals surface area contributed by atoms with Gasteiger partial charge in [-0.1, -0.05) is 6.58 Å². The Balaban J connectivity index is 2.86. The lowest BCUT2D eigenvalue weighted by Gasteiger charge is -1.83. The fourth-order valence-corrected chi connectivity index (χ4v) is 0.471. The summed E-state index contributed by atoms with van der Waals surface area (Å²) in [7, 11) is 0. The molecule has 1 aromatic rings. The maximum absolute atomic E-state index is 3.92. The van der Waals surface area contributed by atoms with Gasteiger partial charge in [-0.2, -0.15) is 4.80 Å². The van der Waals surface area contributed by atoms with E-state index in [9.17, 15) is 0 Å². The topological polar surface area (TPSA) is 43.6 Å². The minimum absolute atomic E-state index is 0.580. The summed E-state index contributed by atoms with van der Waals surface area (Å²) in [6.45, 7) is 6.20. The molecule has 0 aliphatic rings. The van der Waals surface area contributed by atoms with Gasteiger partial charge in [0.15, 0.2) is 5.82 Å². The Labute approximate surface area is 53.2 Å². The van der Waals surface area contributed by atoms with Gasteiger partial charge in [0.25, 0.3) is 0 Å². The minimum Gasteiger partial charge on any atom is -0.164 e. The molecule has 4 heteroatoms. The monoisotopic (exact) mass is 124 g/mol. The van der Waals surface area contributed by atoms with Crippen LogP contribution in [0.4, 0.5) is 0 Å². The van der Waals surface area contributed by atoms with Crippen LogP contribution in [0.15, 0.2) is 6.58 Å². The van der Waals surface area contributed by atoms with Crippen molar-refractivity contribution < 1.29 is 0 Å². The summed E-state index contributed by atoms with van der Waals surface area (Å²) in [5.41, 5.74) is 0. The van der Waals surface area contributed by atoms with E-state index >= 15 is 0 Å². The summed E-state index contributed by atoms with van der Waals surface area (Å²) in [5, 5.41) is 11.3. The molecular weight excluding hydrogens is 116 g/mol. The van der Waals surface area contributed by atoms with Crippen molar-refractivity contribution in [2.75, 3.05) is 0 Å². The molecule has 0 amide bonds. The van der Waals surface area contributed by atoms with Crippen LogP contribution in [-0.4, -0.2) is 20.2 Å². The molecule has 0 unspecified atom stereocenters. The zero-order valence-corrected chi connectivity index (χ0v) is 5.28. The highest BCUT2D eigenvalue weighted by molar-refractivity contribution is 5.33. The van der Waals surface area contributed by atoms with E-state index in [-0.39, 0.29) is 0 Å². The second-order valence-electron chi connectivity index (χ2n) is 1.54. The highest BCUT2D eigenvalue weighted by Crippen LogP contribution is 1.85. The SMILES string of the molecule is C=Cc1nnn(CC)n1. The van der Waals surface area contributed by atoms with E-state index < -0.39 is 0 Å². The number of nitrogens with zero attached hydrogens (tertiary/aromatic N) is 4. The van der Waals surface area contributed by atoms with Crippen molar-refractivity contribution in [3.05, 3.63) is 12.4 Å². The average molecular weight is 124 g/mol. The zero-order valence-electron chi connectivity index (χ0n) is 5.28. The van der Waals surface area contributed by atoms with Crippen molar-refractivity contribution in [1.29, 1.82) is 0 Å². The lowest BCUT2D eigenvalue weighted by Crippen LogP contribution is -1.98. The van der Waals surface area contributed by atoms with Gasteiger partial charge in [0.05, 0.1) is 6.54 Å². The first-order valence-electron chi connectivity index (χ1n) is 2.77. The van der Waals surface area contributed by atoms with Crippen molar-refractivity contribution in [3.63, 3.8) is 0 Å². The first-order valence-corrected chi connectivity index (χ1v) is 2.77. The molecular formula is C5H8N4. The van der Waals surface area contributed by atoms with E-state index in [4.69, 9.17) is 0 Å². The molecule has 0 atom stereocenters. The van der Waals surface area contributed by atoms with Crippen LogP contribution >= 0.6 is 0 Å². The number of hydrogen-bond donors (Lipinski definition) is 0. The van der Waals surface area contributed by atoms with E-state index in [0.717, 1.165) is 6.54 Å². The largest absolute Gasteiger partial charge is 0.197 e. The predicted molar refractivity (Wildman–Crippen MR) is 33.6 cm³/mol. The fourth-order valence-electron chi connectivity index (χ4n) is 0.471. The molecule has 4 nitrogen and oxygen atoms in total. The minimum atomic E-state index is 0.580. The number of rotatable bonds is 2. The molecule has 0 saturated carbocycles. The predicted octanol–water partition coefficient (Wildman–Crippen LogP) is 0.336. The van der Waals surface area contributed by atoms with Crippen molar-refractivity contribution in [2.45, 2.75) is 13.5 Å². The maximum atomic E-state index is 3.92. The third-order valence-electron chi connectivity index (χ3n) is 0.934. The molecule has 0 aliphatic carbocycles. The van der Waals surface area contributed by atoms with E-state index in [1.165, 1.54) is 4.80 Å². The Bertz CT molecular complexity index is 202. The standard InChI is InChI=1S/C5H8N4/c1-3-5-6-8-9(4-2)7-5/h3H,1,4H2,2H3. The van der Waals surface area contributed by atoms with Gasteiger partial charge >= 0.3 is 0 Å². The van der Waals surface area contributed by atoms with Gasteiger partial charge in [-0.15, -0.1) is 10.2 Å². The Morgan fingerprint density at radius 2 is 2.56 bits per heavy atom. The molecule has 0 radical (unpaired) electrons. The Morgan fingerprint density at radius 1 is 1.78 bits per heavy atom. The lowest BCUT2D eigenvalue weighted by molar-refractivity contribution is 0.552. The molecule has 0 aromatic carbocycles. The summed E-state index contributed by atoms with van der Waals surface area (Å²) < 4.78 is 0. The maximum Gasteiger partial charge on any atom is 0.197 e. The molecule has 0 bridgehead atoms. The van der Waals surface area contributed by atoms with E-state index in [0.29, 0.717) is 5.82 Å². The van der Waals surface area contributed by atoms with Crippen molar-refractivity contribution in [1.82, 2.24) is 20.2 Å². The Morgan fingerprint density at radius 3 is 2.89 bits per heavy atom. The highest BCUT2D eigenvalue weighted by Gasteiger charge is 1.92. The van der Waals surface area contributed by atoms with Gasteiger partial charge in [-0.05, 0) is 18.2 Å².